The first kappa shape index (κ1) is 76.4. The highest BCUT2D eigenvalue weighted by Crippen LogP contribution is 2.42. The first-order valence-electron chi connectivity index (χ1n) is 30.5. The van der Waals surface area contributed by atoms with Gasteiger partial charge in [-0.2, -0.15) is 0 Å². The zero-order valence-corrected chi connectivity index (χ0v) is 55.1. The lowest BCUT2D eigenvalue weighted by Crippen LogP contribution is -2.50. The van der Waals surface area contributed by atoms with Gasteiger partial charge >= 0.3 is 0 Å². The van der Waals surface area contributed by atoms with Crippen molar-refractivity contribution in [2.75, 3.05) is 34.5 Å². The quantitative estimate of drug-likeness (QED) is 0.0517. The molecular formula is C60H99Cl2N15O11Si. The van der Waals surface area contributed by atoms with Crippen molar-refractivity contribution in [3.05, 3.63) is 98.1 Å². The topological polar surface area (TPSA) is 415 Å². The van der Waals surface area contributed by atoms with Gasteiger partial charge in [-0.15, -0.1) is 12.4 Å². The van der Waals surface area contributed by atoms with Crippen molar-refractivity contribution in [3.8, 4) is 0 Å². The summed E-state index contributed by atoms with van der Waals surface area (Å²) in [5.74, 6) is 3.74. The molecular weight excluding hydrogens is 1210 g/mol. The Morgan fingerprint density at radius 1 is 0.483 bits per heavy atom. The Balaban J connectivity index is 0.000000234. The zero-order valence-electron chi connectivity index (χ0n) is 52.5. The minimum absolute atomic E-state index is 0. The Hall–Kier alpha value is -5.08. The van der Waals surface area contributed by atoms with Crippen molar-refractivity contribution in [1.82, 2.24) is 49.8 Å². The fourth-order valence-electron chi connectivity index (χ4n) is 11.3. The first-order valence-corrected chi connectivity index (χ1v) is 33.8. The van der Waals surface area contributed by atoms with Gasteiger partial charge in [-0.25, -0.2) is 49.8 Å². The van der Waals surface area contributed by atoms with Gasteiger partial charge in [0, 0.05) is 62.1 Å². The third-order valence-electron chi connectivity index (χ3n) is 18.0. The molecule has 5 aliphatic rings. The zero-order chi connectivity index (χ0) is 64.7. The van der Waals surface area contributed by atoms with Gasteiger partial charge in [0.1, 0.15) is 72.3 Å². The molecule has 29 heteroatoms. The predicted octanol–water partition coefficient (Wildman–Crippen LogP) is 4.12. The molecule has 0 bridgehead atoms. The average molecular weight is 1310 g/mol. The normalized spacial score (nSPS) is 31.8. The van der Waals surface area contributed by atoms with Gasteiger partial charge in [-0.3, -0.25) is 0 Å². The monoisotopic (exact) mass is 1300 g/mol. The molecule has 0 saturated heterocycles. The minimum Gasteiger partial charge on any atom is -0.409 e. The lowest BCUT2D eigenvalue weighted by Gasteiger charge is -2.40. The van der Waals surface area contributed by atoms with E-state index in [4.69, 9.17) is 42.2 Å². The maximum atomic E-state index is 10.8. The van der Waals surface area contributed by atoms with Crippen LogP contribution in [0.5, 0.6) is 0 Å². The van der Waals surface area contributed by atoms with Crippen LogP contribution >= 0.6 is 24.0 Å². The Bertz CT molecular complexity index is 2520. The van der Waals surface area contributed by atoms with Gasteiger partial charge in [0.25, 0.3) is 0 Å². The fourth-order valence-corrected chi connectivity index (χ4v) is 12.8. The van der Waals surface area contributed by atoms with Crippen molar-refractivity contribution in [1.29, 1.82) is 0 Å². The van der Waals surface area contributed by atoms with E-state index in [1.165, 1.54) is 31.6 Å². The van der Waals surface area contributed by atoms with Crippen LogP contribution in [0, 0.1) is 35.5 Å². The third kappa shape index (κ3) is 22.6. The molecule has 10 rings (SSSR count). The van der Waals surface area contributed by atoms with Crippen LogP contribution in [0.4, 0.5) is 23.3 Å². The summed E-state index contributed by atoms with van der Waals surface area (Å²) >= 11 is 5.39. The molecule has 0 aromatic carbocycles. The second kappa shape index (κ2) is 37.4. The van der Waals surface area contributed by atoms with E-state index in [0.717, 1.165) is 50.2 Å². The number of aliphatic hydroxyl groups is 10. The highest BCUT2D eigenvalue weighted by molar-refractivity contribution is 6.74. The highest BCUT2D eigenvalue weighted by Gasteiger charge is 2.49. The van der Waals surface area contributed by atoms with Gasteiger partial charge in [0.05, 0.1) is 66.9 Å². The Morgan fingerprint density at radius 3 is 1.11 bits per heavy atom. The minimum atomic E-state index is -1.95. The van der Waals surface area contributed by atoms with Gasteiger partial charge in [0.2, 0.25) is 0 Å². The predicted molar refractivity (Wildman–Crippen MR) is 345 cm³/mol. The maximum Gasteiger partial charge on any atom is 0.192 e. The molecule has 0 spiro atoms. The largest absolute Gasteiger partial charge is 0.409 e. The van der Waals surface area contributed by atoms with Crippen LogP contribution in [0.3, 0.4) is 0 Å². The number of hydrogen-bond donors (Lipinski definition) is 15. The number of halogens is 2. The molecule has 5 heterocycles. The Labute approximate surface area is 535 Å². The number of aromatic nitrogens is 10. The van der Waals surface area contributed by atoms with E-state index >= 15 is 0 Å². The molecule has 5 aromatic heterocycles. The fraction of sp³-hybridized carbons (Fsp3) is 0.667. The SMILES string of the molecule is CC[C@H]1C[C@@H](Nc2ccncn2)[C@H](O)[C@@H]1C.CC[C@H]1C[C@@H](Nc2ccncn2)[C@H](O)[C@@H]1O.CC[C@H]1C[C@@H](Nc2ccncn2)[C@H](O[Si](C)(C)C(C)(C)C)[C@@H]1O.Cl.Clc1ccncn1.N[C@@H]1C[C@H](CO)[C@@H](O)[C@H]1O.OC[C@H]1C[C@@H](Nc2ccncn2)[C@H](O)[C@@H]1O. The van der Waals surface area contributed by atoms with E-state index < -0.39 is 51.0 Å². The second-order valence-electron chi connectivity index (χ2n) is 24.8. The summed E-state index contributed by atoms with van der Waals surface area (Å²) in [6.45, 7) is 19.4. The van der Waals surface area contributed by atoms with Crippen LogP contribution < -0.4 is 27.0 Å². The molecule has 5 fully saturated rings. The Kier molecular flexibility index (Phi) is 32.1. The van der Waals surface area contributed by atoms with Crippen molar-refractivity contribution in [2.24, 2.45) is 41.2 Å². The van der Waals surface area contributed by atoms with E-state index in [1.807, 2.05) is 19.1 Å². The second-order valence-corrected chi connectivity index (χ2v) is 29.9. The summed E-state index contributed by atoms with van der Waals surface area (Å²) < 4.78 is 6.58. The van der Waals surface area contributed by atoms with Crippen LogP contribution in [-0.2, 0) is 4.43 Å². The van der Waals surface area contributed by atoms with Gasteiger partial charge in [-0.05, 0) is 104 Å². The number of aliphatic hydroxyl groups excluding tert-OH is 10. The smallest absolute Gasteiger partial charge is 0.192 e. The average Bonchev–Trinajstić information content (AvgIpc) is 1.94. The van der Waals surface area contributed by atoms with E-state index in [0.29, 0.717) is 41.5 Å². The van der Waals surface area contributed by atoms with Crippen LogP contribution in [0.25, 0.3) is 0 Å². The van der Waals surface area contributed by atoms with Crippen LogP contribution in [0.2, 0.25) is 23.3 Å². The molecule has 0 radical (unpaired) electrons. The van der Waals surface area contributed by atoms with E-state index in [9.17, 15) is 30.6 Å². The molecule has 5 saturated carbocycles. The number of nitrogens with one attached hydrogen (secondary N) is 4. The first-order chi connectivity index (χ1) is 41.9. The number of anilines is 4. The third-order valence-corrected chi connectivity index (χ3v) is 22.7. The number of nitrogens with two attached hydrogens (primary N) is 1. The maximum absolute atomic E-state index is 10.8. The Morgan fingerprint density at radius 2 is 0.820 bits per heavy atom. The van der Waals surface area contributed by atoms with Crippen molar-refractivity contribution < 1.29 is 55.5 Å². The summed E-state index contributed by atoms with van der Waals surface area (Å²) in [6, 6.07) is 8.15. The van der Waals surface area contributed by atoms with E-state index in [2.05, 4.69) is 126 Å². The summed E-state index contributed by atoms with van der Waals surface area (Å²) in [7, 11) is -1.95. The van der Waals surface area contributed by atoms with Gasteiger partial charge in [0.15, 0.2) is 8.32 Å². The lowest BCUT2D eigenvalue weighted by molar-refractivity contribution is 0.00300. The van der Waals surface area contributed by atoms with Crippen molar-refractivity contribution in [3.63, 3.8) is 0 Å². The van der Waals surface area contributed by atoms with Crippen molar-refractivity contribution in [2.45, 2.75) is 203 Å². The summed E-state index contributed by atoms with van der Waals surface area (Å²) in [4.78, 5) is 39.1. The number of nitrogens with zero attached hydrogens (tertiary/aromatic N) is 10. The molecule has 89 heavy (non-hydrogen) atoms. The molecule has 498 valence electrons. The summed E-state index contributed by atoms with van der Waals surface area (Å²) in [5, 5.41) is 109. The molecule has 0 aliphatic heterocycles. The highest BCUT2D eigenvalue weighted by atomic mass is 35.5. The molecule has 0 amide bonds. The molecule has 5 aromatic rings. The molecule has 0 unspecified atom stereocenters. The van der Waals surface area contributed by atoms with Gasteiger partial charge < -0.3 is 82.5 Å². The van der Waals surface area contributed by atoms with E-state index in [1.54, 1.807) is 49.2 Å². The molecule has 26 nitrogen and oxygen atoms in total. The number of hydrogen-bond acceptors (Lipinski definition) is 26. The molecule has 16 N–H and O–H groups in total. The van der Waals surface area contributed by atoms with Crippen LogP contribution in [0.1, 0.15) is 99.8 Å². The molecule has 5 aliphatic carbocycles. The summed E-state index contributed by atoms with van der Waals surface area (Å²) in [6.07, 6.45) is 16.5. The van der Waals surface area contributed by atoms with Crippen LogP contribution in [-0.4, -0.2) is 208 Å². The molecule has 20 atom stereocenters. The summed E-state index contributed by atoms with van der Waals surface area (Å²) in [5.41, 5.74) is 5.41. The lowest BCUT2D eigenvalue weighted by atomic mass is 9.95. The van der Waals surface area contributed by atoms with Crippen LogP contribution in [0.15, 0.2) is 93.0 Å². The van der Waals surface area contributed by atoms with E-state index in [-0.39, 0.29) is 96.7 Å². The number of rotatable bonds is 15. The van der Waals surface area contributed by atoms with Gasteiger partial charge in [-0.1, -0.05) is 79.3 Å². The van der Waals surface area contributed by atoms with Crippen molar-refractivity contribution >= 4 is 55.6 Å². The standard InChI is InChI=1S/C17H31N3O2Si.C12H19N3O.C11H17N3O2.C10H15N3O3.C6H13NO3.C4H3ClN2.ClH/c1-7-12-10-13(20-14-8-9-18-11-19-14)16(15(12)21)22-23(5,6)17(2,3)4;1-3-9-6-10(12(16)8(9)2)15-11-4-5-13-7-14-11;1-2-7-5-8(11(16)10(7)15)14-9-3-4-12-6-13-9;14-4-6-3-7(10(16)9(6)15)13-8-1-2-11-5-12-8;7-4-1-3(2-8)5(9)6(4)10;5-4-1-2-6-3-7-4;/h8-9,11-13,15-16,21H,7,10H2,1-6H3,(H,18,19,20);4-5,7-10,12,16H,3,6H2,1-2H3,(H,13,14,15);3-4,6-8,10-11,15-16H,2,5H2,1H3,(H,12,13,14);1-2,5-7,9-10,14-16H,3-4H2,(H,11,12,13);3-6,8-10H,1-2,7H2;1-3H;1H/t12-,13+,15+,16-;8-,9+,10-,12-;7-,8+,10+,11-;6-,7-,9-,10+;3-,4-,5-,6+;;/m01011../s1.